The number of nitrogens with one attached hydrogen (secondary N) is 1. The van der Waals surface area contributed by atoms with Crippen LogP contribution in [-0.2, 0) is 6.54 Å². The third-order valence-corrected chi connectivity index (χ3v) is 4.69. The standard InChI is InChI=1S/C21H28N4.HI/c1-16-11-17(2)13-19(12-16)24-21(22)23-14-20-9-6-10-25(20)15-18-7-4-3-5-8-18;/h3-5,7-8,11-13,20H,6,9-10,14-15H2,1-2H3,(H3,22,23,24);1H. The number of aryl methyl sites for hydroxylation is 2. The summed E-state index contributed by atoms with van der Waals surface area (Å²) in [5.74, 6) is 0.497. The number of hydrogen-bond donors (Lipinski definition) is 2. The van der Waals surface area contributed by atoms with E-state index in [-0.39, 0.29) is 24.0 Å². The van der Waals surface area contributed by atoms with Crippen molar-refractivity contribution >= 4 is 35.6 Å². The predicted octanol–water partition coefficient (Wildman–Crippen LogP) is 4.31. The second-order valence-corrected chi connectivity index (χ2v) is 6.98. The molecule has 2 aromatic rings. The van der Waals surface area contributed by atoms with Gasteiger partial charge in [0.25, 0.3) is 0 Å². The van der Waals surface area contributed by atoms with Gasteiger partial charge in [-0.05, 0) is 62.1 Å². The molecule has 0 aromatic heterocycles. The fourth-order valence-corrected chi connectivity index (χ4v) is 3.57. The van der Waals surface area contributed by atoms with Gasteiger partial charge in [-0.3, -0.25) is 9.89 Å². The zero-order valence-corrected chi connectivity index (χ0v) is 17.9. The summed E-state index contributed by atoms with van der Waals surface area (Å²) in [4.78, 5) is 7.11. The van der Waals surface area contributed by atoms with Crippen molar-refractivity contribution < 1.29 is 0 Å². The average Bonchev–Trinajstić information content (AvgIpc) is 3.00. The Morgan fingerprint density at radius 3 is 2.54 bits per heavy atom. The van der Waals surface area contributed by atoms with E-state index in [9.17, 15) is 0 Å². The highest BCUT2D eigenvalue weighted by atomic mass is 127. The van der Waals surface area contributed by atoms with Gasteiger partial charge < -0.3 is 11.1 Å². The molecule has 1 aliphatic rings. The lowest BCUT2D eigenvalue weighted by Crippen LogP contribution is -2.33. The maximum Gasteiger partial charge on any atom is 0.193 e. The first-order valence-corrected chi connectivity index (χ1v) is 9.03. The second-order valence-electron chi connectivity index (χ2n) is 6.98. The van der Waals surface area contributed by atoms with E-state index < -0.39 is 0 Å². The van der Waals surface area contributed by atoms with Gasteiger partial charge in [0.1, 0.15) is 0 Å². The third kappa shape index (κ3) is 5.99. The molecule has 26 heavy (non-hydrogen) atoms. The Morgan fingerprint density at radius 2 is 1.85 bits per heavy atom. The van der Waals surface area contributed by atoms with Crippen molar-refractivity contribution in [1.82, 2.24) is 4.90 Å². The molecule has 0 radical (unpaired) electrons. The van der Waals surface area contributed by atoms with Crippen LogP contribution in [0, 0.1) is 13.8 Å². The molecule has 0 aliphatic carbocycles. The fourth-order valence-electron chi connectivity index (χ4n) is 3.57. The second kappa shape index (κ2) is 9.92. The number of nitrogens with two attached hydrogens (primary N) is 1. The molecule has 0 saturated carbocycles. The van der Waals surface area contributed by atoms with E-state index >= 15 is 0 Å². The van der Waals surface area contributed by atoms with E-state index in [1.807, 2.05) is 0 Å². The Balaban J connectivity index is 0.00000243. The lowest BCUT2D eigenvalue weighted by molar-refractivity contribution is 0.250. The van der Waals surface area contributed by atoms with Gasteiger partial charge in [0.15, 0.2) is 5.96 Å². The van der Waals surface area contributed by atoms with Gasteiger partial charge in [-0.15, -0.1) is 24.0 Å². The molecule has 1 fully saturated rings. The minimum Gasteiger partial charge on any atom is -0.370 e. The number of hydrogen-bond acceptors (Lipinski definition) is 2. The topological polar surface area (TPSA) is 53.6 Å². The van der Waals surface area contributed by atoms with Gasteiger partial charge in [0.05, 0.1) is 6.54 Å². The number of likely N-dealkylation sites (tertiary alicyclic amines) is 1. The maximum atomic E-state index is 6.10. The SMILES string of the molecule is Cc1cc(C)cc(NC(N)=NCC2CCCN2Cc2ccccc2)c1.I. The van der Waals surface area contributed by atoms with E-state index in [0.717, 1.165) is 25.3 Å². The van der Waals surface area contributed by atoms with Gasteiger partial charge >= 0.3 is 0 Å². The molecule has 1 atom stereocenters. The van der Waals surface area contributed by atoms with E-state index in [4.69, 9.17) is 5.73 Å². The number of halogens is 1. The van der Waals surface area contributed by atoms with Crippen LogP contribution >= 0.6 is 24.0 Å². The summed E-state index contributed by atoms with van der Waals surface area (Å²) >= 11 is 0. The van der Waals surface area contributed by atoms with Crippen LogP contribution < -0.4 is 11.1 Å². The van der Waals surface area contributed by atoms with Crippen molar-refractivity contribution in [3.8, 4) is 0 Å². The summed E-state index contributed by atoms with van der Waals surface area (Å²) in [6, 6.07) is 17.4. The lowest BCUT2D eigenvalue weighted by Gasteiger charge is -2.23. The Bertz CT molecular complexity index is 710. The monoisotopic (exact) mass is 464 g/mol. The number of benzene rings is 2. The normalized spacial score (nSPS) is 17.8. The molecule has 1 unspecified atom stereocenters. The number of anilines is 1. The van der Waals surface area contributed by atoms with Gasteiger partial charge in [-0.2, -0.15) is 0 Å². The molecule has 4 nitrogen and oxygen atoms in total. The van der Waals surface area contributed by atoms with Gasteiger partial charge in [-0.1, -0.05) is 36.4 Å². The zero-order valence-electron chi connectivity index (χ0n) is 15.6. The molecular formula is C21H29IN4. The highest BCUT2D eigenvalue weighted by Gasteiger charge is 2.24. The Morgan fingerprint density at radius 1 is 1.15 bits per heavy atom. The van der Waals surface area contributed by atoms with Crippen molar-refractivity contribution in [2.75, 3.05) is 18.4 Å². The van der Waals surface area contributed by atoms with Crippen LogP contribution in [0.5, 0.6) is 0 Å². The summed E-state index contributed by atoms with van der Waals surface area (Å²) in [6.45, 7) is 7.05. The summed E-state index contributed by atoms with van der Waals surface area (Å²) in [5.41, 5.74) is 10.9. The minimum absolute atomic E-state index is 0. The van der Waals surface area contributed by atoms with Crippen LogP contribution in [0.1, 0.15) is 29.5 Å². The largest absolute Gasteiger partial charge is 0.370 e. The highest BCUT2D eigenvalue weighted by Crippen LogP contribution is 2.20. The van der Waals surface area contributed by atoms with E-state index in [0.29, 0.717) is 12.0 Å². The minimum atomic E-state index is 0. The third-order valence-electron chi connectivity index (χ3n) is 4.69. The molecule has 3 rings (SSSR count). The summed E-state index contributed by atoms with van der Waals surface area (Å²) in [6.07, 6.45) is 2.42. The Kier molecular flexibility index (Phi) is 7.90. The molecule has 5 heteroatoms. The van der Waals surface area contributed by atoms with Crippen molar-refractivity contribution in [3.05, 3.63) is 65.2 Å². The first kappa shape index (κ1) is 20.7. The summed E-state index contributed by atoms with van der Waals surface area (Å²) < 4.78 is 0. The first-order valence-electron chi connectivity index (χ1n) is 9.03. The summed E-state index contributed by atoms with van der Waals surface area (Å²) in [5, 5.41) is 3.22. The smallest absolute Gasteiger partial charge is 0.193 e. The molecule has 2 aromatic carbocycles. The molecule has 0 bridgehead atoms. The van der Waals surface area contributed by atoms with Crippen molar-refractivity contribution in [2.45, 2.75) is 39.3 Å². The molecule has 0 amide bonds. The van der Waals surface area contributed by atoms with Gasteiger partial charge in [-0.25, -0.2) is 0 Å². The molecule has 1 saturated heterocycles. The van der Waals surface area contributed by atoms with E-state index in [1.54, 1.807) is 0 Å². The quantitative estimate of drug-likeness (QED) is 0.394. The predicted molar refractivity (Wildman–Crippen MR) is 121 cm³/mol. The van der Waals surface area contributed by atoms with Crippen LogP contribution in [-0.4, -0.2) is 30.0 Å². The molecule has 0 spiro atoms. The lowest BCUT2D eigenvalue weighted by atomic mass is 10.1. The number of aliphatic imine (C=N–C) groups is 1. The highest BCUT2D eigenvalue weighted by molar-refractivity contribution is 14.0. The molecule has 1 aliphatic heterocycles. The van der Waals surface area contributed by atoms with E-state index in [1.165, 1.54) is 29.5 Å². The number of nitrogens with zero attached hydrogens (tertiary/aromatic N) is 2. The van der Waals surface area contributed by atoms with Crippen LogP contribution in [0.2, 0.25) is 0 Å². The molecule has 1 heterocycles. The van der Waals surface area contributed by atoms with Crippen LogP contribution in [0.15, 0.2) is 53.5 Å². The van der Waals surface area contributed by atoms with Crippen molar-refractivity contribution in [2.24, 2.45) is 10.7 Å². The van der Waals surface area contributed by atoms with Crippen molar-refractivity contribution in [1.29, 1.82) is 0 Å². The van der Waals surface area contributed by atoms with Crippen LogP contribution in [0.25, 0.3) is 0 Å². The van der Waals surface area contributed by atoms with E-state index in [2.05, 4.69) is 77.6 Å². The van der Waals surface area contributed by atoms with Crippen LogP contribution in [0.4, 0.5) is 5.69 Å². The van der Waals surface area contributed by atoms with Gasteiger partial charge in [0.2, 0.25) is 0 Å². The summed E-state index contributed by atoms with van der Waals surface area (Å²) in [7, 11) is 0. The fraction of sp³-hybridized carbons (Fsp3) is 0.381. The zero-order chi connectivity index (χ0) is 17.6. The molecule has 140 valence electrons. The Hall–Kier alpha value is -1.60. The molecule has 3 N–H and O–H groups in total. The van der Waals surface area contributed by atoms with Crippen LogP contribution in [0.3, 0.4) is 0 Å². The van der Waals surface area contributed by atoms with Crippen molar-refractivity contribution in [3.63, 3.8) is 0 Å². The van der Waals surface area contributed by atoms with Gasteiger partial charge in [0, 0.05) is 18.3 Å². The number of guanidine groups is 1. The molecular weight excluding hydrogens is 435 g/mol. The Labute approximate surface area is 173 Å². The average molecular weight is 464 g/mol. The first-order chi connectivity index (χ1) is 12.1. The number of rotatable bonds is 5. The maximum absolute atomic E-state index is 6.10.